The summed E-state index contributed by atoms with van der Waals surface area (Å²) in [5.41, 5.74) is 5.73. The summed E-state index contributed by atoms with van der Waals surface area (Å²) < 4.78 is 16.1. The summed E-state index contributed by atoms with van der Waals surface area (Å²) in [5, 5.41) is 6.90. The zero-order valence-electron chi connectivity index (χ0n) is 23.3. The van der Waals surface area contributed by atoms with Crippen LogP contribution < -0.4 is 20.2 Å². The number of carbonyl (C=O) groups excluding carboxylic acids is 4. The molecule has 0 radical (unpaired) electrons. The van der Waals surface area contributed by atoms with E-state index >= 15 is 0 Å². The molecule has 0 bridgehead atoms. The number of hydrogen-bond donors (Lipinski definition) is 2. The van der Waals surface area contributed by atoms with E-state index in [4.69, 9.17) is 14.2 Å². The van der Waals surface area contributed by atoms with Crippen molar-refractivity contribution in [1.29, 1.82) is 0 Å². The van der Waals surface area contributed by atoms with Crippen molar-refractivity contribution in [3.63, 3.8) is 0 Å². The first-order valence-corrected chi connectivity index (χ1v) is 14.0. The number of aryl methyl sites for hydroxylation is 2. The molecule has 0 saturated carbocycles. The second-order valence-electron chi connectivity index (χ2n) is 9.35. The van der Waals surface area contributed by atoms with Crippen LogP contribution in [0.4, 0.5) is 5.00 Å². The van der Waals surface area contributed by atoms with Crippen molar-refractivity contribution in [3.05, 3.63) is 75.2 Å². The third-order valence-electron chi connectivity index (χ3n) is 6.45. The van der Waals surface area contributed by atoms with Crippen LogP contribution >= 0.6 is 11.3 Å². The van der Waals surface area contributed by atoms with Crippen LogP contribution in [0.25, 0.3) is 0 Å². The largest absolute Gasteiger partial charge is 0.493 e. The van der Waals surface area contributed by atoms with E-state index in [0.717, 1.165) is 41.7 Å². The van der Waals surface area contributed by atoms with Gasteiger partial charge in [0, 0.05) is 10.4 Å². The molecule has 0 atom stereocenters. The summed E-state index contributed by atoms with van der Waals surface area (Å²) >= 11 is 1.29. The number of anilines is 1. The van der Waals surface area contributed by atoms with E-state index in [-0.39, 0.29) is 18.1 Å². The molecule has 0 fully saturated rings. The first-order valence-electron chi connectivity index (χ1n) is 13.2. The van der Waals surface area contributed by atoms with E-state index in [0.29, 0.717) is 27.4 Å². The lowest BCUT2D eigenvalue weighted by Gasteiger charge is -2.12. The van der Waals surface area contributed by atoms with Crippen LogP contribution in [-0.4, -0.2) is 43.2 Å². The Balaban J connectivity index is 1.44. The maximum atomic E-state index is 12.7. The Labute approximate surface area is 241 Å². The number of nitrogens with one attached hydrogen (secondary N) is 2. The smallest absolute Gasteiger partial charge is 0.343 e. The van der Waals surface area contributed by atoms with Gasteiger partial charge >= 0.3 is 23.8 Å². The van der Waals surface area contributed by atoms with E-state index in [1.165, 1.54) is 18.4 Å². The van der Waals surface area contributed by atoms with Gasteiger partial charge in [-0.2, -0.15) is 5.10 Å². The lowest BCUT2D eigenvalue weighted by atomic mass is 9.95. The van der Waals surface area contributed by atoms with Gasteiger partial charge in [0.15, 0.2) is 11.5 Å². The van der Waals surface area contributed by atoms with Crippen LogP contribution in [0.5, 0.6) is 11.5 Å². The molecule has 2 N–H and O–H groups in total. The van der Waals surface area contributed by atoms with Gasteiger partial charge in [-0.1, -0.05) is 17.7 Å². The molecule has 0 aliphatic heterocycles. The quantitative estimate of drug-likeness (QED) is 0.129. The second kappa shape index (κ2) is 13.2. The van der Waals surface area contributed by atoms with Crippen LogP contribution in [0.3, 0.4) is 0 Å². The third-order valence-corrected chi connectivity index (χ3v) is 7.65. The molecule has 3 aromatic rings. The summed E-state index contributed by atoms with van der Waals surface area (Å²) in [4.78, 5) is 51.4. The van der Waals surface area contributed by atoms with Crippen LogP contribution in [-0.2, 0) is 27.2 Å². The molecule has 10 nitrogen and oxygen atoms in total. The SMILES string of the molecule is CCOC(=O)c1c(NC(=O)C(=O)N/N=C(\C)c2ccc(OC(=O)c3cccc(C)c3)c(OC)c2)sc2c1CCCC2. The van der Waals surface area contributed by atoms with E-state index < -0.39 is 23.8 Å². The molecule has 41 heavy (non-hydrogen) atoms. The number of benzene rings is 2. The molecule has 0 saturated heterocycles. The number of methoxy groups -OCH3 is 1. The summed E-state index contributed by atoms with van der Waals surface area (Å²) in [5.74, 6) is -2.49. The predicted octanol–water partition coefficient (Wildman–Crippen LogP) is 4.82. The minimum absolute atomic E-state index is 0.201. The van der Waals surface area contributed by atoms with Gasteiger partial charge < -0.3 is 19.5 Å². The van der Waals surface area contributed by atoms with Crippen molar-refractivity contribution in [1.82, 2.24) is 5.43 Å². The molecular formula is C30H31N3O7S. The number of fused-ring (bicyclic) bond motifs is 1. The number of nitrogens with zero attached hydrogens (tertiary/aromatic N) is 1. The summed E-state index contributed by atoms with van der Waals surface area (Å²) in [6.45, 7) is 5.43. The van der Waals surface area contributed by atoms with Crippen molar-refractivity contribution in [3.8, 4) is 11.5 Å². The van der Waals surface area contributed by atoms with Gasteiger partial charge in [-0.15, -0.1) is 11.3 Å². The lowest BCUT2D eigenvalue weighted by Crippen LogP contribution is -2.33. The van der Waals surface area contributed by atoms with Crippen LogP contribution in [0, 0.1) is 6.92 Å². The number of ether oxygens (including phenoxy) is 3. The Morgan fingerprint density at radius 1 is 0.951 bits per heavy atom. The number of amides is 2. The molecule has 4 rings (SSSR count). The Kier molecular flexibility index (Phi) is 9.51. The van der Waals surface area contributed by atoms with Crippen LogP contribution in [0.15, 0.2) is 47.6 Å². The van der Waals surface area contributed by atoms with Crippen LogP contribution in [0.2, 0.25) is 0 Å². The molecule has 1 aromatic heterocycles. The Bertz CT molecular complexity index is 1530. The Hall–Kier alpha value is -4.51. The zero-order chi connectivity index (χ0) is 29.5. The van der Waals surface area contributed by atoms with E-state index in [1.807, 2.05) is 13.0 Å². The molecule has 214 valence electrons. The Morgan fingerprint density at radius 3 is 2.46 bits per heavy atom. The standard InChI is InChI=1S/C30H31N3O7S/c1-5-39-30(37)25-21-11-6-7-12-24(21)41-28(25)31-26(34)27(35)33-32-18(3)19-13-14-22(23(16-19)38-4)40-29(36)20-10-8-9-17(2)15-20/h8-10,13-16H,5-7,11-12H2,1-4H3,(H,31,34)(H,33,35)/b32-18+. The molecule has 1 aliphatic carbocycles. The fraction of sp³-hybridized carbons (Fsp3) is 0.300. The lowest BCUT2D eigenvalue weighted by molar-refractivity contribution is -0.136. The molecule has 2 amide bonds. The average molecular weight is 578 g/mol. The average Bonchev–Trinajstić information content (AvgIpc) is 3.33. The monoisotopic (exact) mass is 577 g/mol. The van der Waals surface area contributed by atoms with E-state index in [9.17, 15) is 19.2 Å². The summed E-state index contributed by atoms with van der Waals surface area (Å²) in [6.07, 6.45) is 3.47. The fourth-order valence-corrected chi connectivity index (χ4v) is 5.66. The fourth-order valence-electron chi connectivity index (χ4n) is 4.39. The molecule has 2 aromatic carbocycles. The highest BCUT2D eigenvalue weighted by Crippen LogP contribution is 2.38. The molecule has 1 heterocycles. The number of rotatable bonds is 8. The van der Waals surface area contributed by atoms with Gasteiger partial charge in [-0.05, 0) is 82.3 Å². The predicted molar refractivity (Wildman–Crippen MR) is 155 cm³/mol. The van der Waals surface area contributed by atoms with Gasteiger partial charge in [0.1, 0.15) is 5.00 Å². The van der Waals surface area contributed by atoms with Crippen LogP contribution in [0.1, 0.15) is 69.0 Å². The molecule has 11 heteroatoms. The third kappa shape index (κ3) is 6.98. The van der Waals surface area contributed by atoms with Crippen molar-refractivity contribution >= 4 is 45.8 Å². The summed E-state index contributed by atoms with van der Waals surface area (Å²) in [6, 6.07) is 11.9. The minimum Gasteiger partial charge on any atom is -0.493 e. The maximum Gasteiger partial charge on any atom is 0.343 e. The number of hydrogen-bond acceptors (Lipinski definition) is 9. The number of carbonyl (C=O) groups is 4. The number of hydrazone groups is 1. The highest BCUT2D eigenvalue weighted by Gasteiger charge is 2.28. The second-order valence-corrected chi connectivity index (χ2v) is 10.5. The summed E-state index contributed by atoms with van der Waals surface area (Å²) in [7, 11) is 1.44. The van der Waals surface area contributed by atoms with Crippen molar-refractivity contribution in [2.75, 3.05) is 19.0 Å². The maximum absolute atomic E-state index is 12.7. The molecule has 1 aliphatic rings. The van der Waals surface area contributed by atoms with Gasteiger partial charge in [0.05, 0.1) is 30.6 Å². The Morgan fingerprint density at radius 2 is 1.73 bits per heavy atom. The van der Waals surface area contributed by atoms with Gasteiger partial charge in [-0.3, -0.25) is 9.59 Å². The molecule has 0 unspecified atom stereocenters. The van der Waals surface area contributed by atoms with Gasteiger partial charge in [0.25, 0.3) is 0 Å². The molecule has 0 spiro atoms. The van der Waals surface area contributed by atoms with Crippen molar-refractivity contribution < 1.29 is 33.4 Å². The highest BCUT2D eigenvalue weighted by atomic mass is 32.1. The topological polar surface area (TPSA) is 132 Å². The normalized spacial score (nSPS) is 12.6. The highest BCUT2D eigenvalue weighted by molar-refractivity contribution is 7.17. The first kappa shape index (κ1) is 29.5. The first-order chi connectivity index (χ1) is 19.7. The molecular weight excluding hydrogens is 546 g/mol. The van der Waals surface area contributed by atoms with E-state index in [1.54, 1.807) is 50.2 Å². The van der Waals surface area contributed by atoms with Gasteiger partial charge in [-0.25, -0.2) is 15.0 Å². The number of esters is 2. The number of thiophene rings is 1. The van der Waals surface area contributed by atoms with Crippen molar-refractivity contribution in [2.45, 2.75) is 46.5 Å². The van der Waals surface area contributed by atoms with E-state index in [2.05, 4.69) is 15.8 Å². The van der Waals surface area contributed by atoms with Crippen molar-refractivity contribution in [2.24, 2.45) is 5.10 Å². The zero-order valence-corrected chi connectivity index (χ0v) is 24.1. The minimum atomic E-state index is -0.999. The van der Waals surface area contributed by atoms with Gasteiger partial charge in [0.2, 0.25) is 0 Å².